The van der Waals surface area contributed by atoms with Gasteiger partial charge in [0.1, 0.15) is 17.2 Å². The van der Waals surface area contributed by atoms with Gasteiger partial charge in [0.15, 0.2) is 5.76 Å². The first-order valence-corrected chi connectivity index (χ1v) is 10.1. The molecule has 0 aliphatic carbocycles. The van der Waals surface area contributed by atoms with Crippen LogP contribution in [0.25, 0.3) is 11.0 Å². The first kappa shape index (κ1) is 20.1. The summed E-state index contributed by atoms with van der Waals surface area (Å²) < 4.78 is 11.2. The summed E-state index contributed by atoms with van der Waals surface area (Å²) in [6.45, 7) is 6.47. The number of nitrogens with zero attached hydrogens (tertiary/aromatic N) is 2. The van der Waals surface area contributed by atoms with Crippen molar-refractivity contribution in [1.29, 1.82) is 0 Å². The number of amides is 1. The van der Waals surface area contributed by atoms with Crippen molar-refractivity contribution in [2.45, 2.75) is 26.7 Å². The predicted octanol–water partition coefficient (Wildman–Crippen LogP) is 3.75. The monoisotopic (exact) mass is 407 g/mol. The molecule has 0 bridgehead atoms. The highest BCUT2D eigenvalue weighted by Gasteiger charge is 2.19. The van der Waals surface area contributed by atoms with Gasteiger partial charge in [-0.3, -0.25) is 4.79 Å². The van der Waals surface area contributed by atoms with E-state index < -0.39 is 0 Å². The molecular weight excluding hydrogens is 382 g/mol. The summed E-state index contributed by atoms with van der Waals surface area (Å²) in [5.74, 6) is 1.00. The fraction of sp³-hybridized carbons (Fsp3) is 0.348. The molecule has 1 fully saturated rings. The highest BCUT2D eigenvalue weighted by Crippen LogP contribution is 2.27. The normalized spacial score (nSPS) is 14.1. The lowest BCUT2D eigenvalue weighted by Crippen LogP contribution is -2.36. The van der Waals surface area contributed by atoms with Gasteiger partial charge in [-0.1, -0.05) is 6.07 Å². The van der Waals surface area contributed by atoms with Gasteiger partial charge in [0.2, 0.25) is 0 Å². The Morgan fingerprint density at radius 2 is 1.97 bits per heavy atom. The highest BCUT2D eigenvalue weighted by atomic mass is 16.5. The zero-order valence-corrected chi connectivity index (χ0v) is 17.2. The molecule has 1 aliphatic heterocycles. The molecule has 1 aromatic carbocycles. The maximum absolute atomic E-state index is 12.8. The van der Waals surface area contributed by atoms with Crippen molar-refractivity contribution in [3.8, 4) is 0 Å². The van der Waals surface area contributed by atoms with Crippen LogP contribution < -0.4 is 10.2 Å². The Kier molecular flexibility index (Phi) is 5.81. The van der Waals surface area contributed by atoms with Crippen molar-refractivity contribution < 1.29 is 18.7 Å². The zero-order valence-electron chi connectivity index (χ0n) is 17.2. The van der Waals surface area contributed by atoms with Crippen LogP contribution in [-0.4, -0.2) is 43.0 Å². The van der Waals surface area contributed by atoms with E-state index in [2.05, 4.69) is 15.2 Å². The minimum atomic E-state index is -0.310. The Morgan fingerprint density at radius 3 is 2.67 bits per heavy atom. The molecular formula is C23H25N3O4. The fourth-order valence-electron chi connectivity index (χ4n) is 3.59. The second-order valence-electron chi connectivity index (χ2n) is 7.55. The number of aryl methyl sites for hydroxylation is 2. The number of furan rings is 1. The van der Waals surface area contributed by atoms with Gasteiger partial charge in [0.05, 0.1) is 25.1 Å². The Morgan fingerprint density at radius 1 is 1.17 bits per heavy atom. The molecule has 1 amide bonds. The van der Waals surface area contributed by atoms with Gasteiger partial charge in [-0.05, 0) is 50.1 Å². The Bertz CT molecular complexity index is 1070. The lowest BCUT2D eigenvalue weighted by molar-refractivity contribution is -0.116. The zero-order chi connectivity index (χ0) is 21.1. The molecule has 1 N–H and O–H groups in total. The summed E-state index contributed by atoms with van der Waals surface area (Å²) in [7, 11) is 0. The highest BCUT2D eigenvalue weighted by molar-refractivity contribution is 6.06. The van der Waals surface area contributed by atoms with Crippen molar-refractivity contribution in [3.63, 3.8) is 0 Å². The second-order valence-corrected chi connectivity index (χ2v) is 7.55. The number of hydrogen-bond acceptors (Lipinski definition) is 6. The number of aromatic nitrogens is 1. The van der Waals surface area contributed by atoms with Crippen molar-refractivity contribution in [2.24, 2.45) is 0 Å². The van der Waals surface area contributed by atoms with Crippen LogP contribution in [0.3, 0.4) is 0 Å². The number of benzene rings is 1. The van der Waals surface area contributed by atoms with Gasteiger partial charge in [-0.15, -0.1) is 0 Å². The van der Waals surface area contributed by atoms with E-state index in [0.29, 0.717) is 37.3 Å². The van der Waals surface area contributed by atoms with Gasteiger partial charge in [0, 0.05) is 30.5 Å². The minimum absolute atomic E-state index is 0.160. The van der Waals surface area contributed by atoms with E-state index in [1.54, 1.807) is 13.1 Å². The molecule has 0 saturated carbocycles. The SMILES string of the molecule is CC(=O)CCc1ccc2oc(C(=O)Nc3ccc(N4CCOCC4)nc3)c(C)c2c1. The van der Waals surface area contributed by atoms with Gasteiger partial charge in [-0.25, -0.2) is 4.98 Å². The van der Waals surface area contributed by atoms with Crippen molar-refractivity contribution in [3.05, 3.63) is 53.4 Å². The summed E-state index contributed by atoms with van der Waals surface area (Å²) in [4.78, 5) is 30.6. The van der Waals surface area contributed by atoms with E-state index in [1.807, 2.05) is 37.3 Å². The van der Waals surface area contributed by atoms with Crippen LogP contribution >= 0.6 is 0 Å². The number of nitrogens with one attached hydrogen (secondary N) is 1. The first-order valence-electron chi connectivity index (χ1n) is 10.1. The summed E-state index contributed by atoms with van der Waals surface area (Å²) in [5, 5.41) is 3.75. The molecule has 7 nitrogen and oxygen atoms in total. The van der Waals surface area contributed by atoms with Gasteiger partial charge >= 0.3 is 0 Å². The first-order chi connectivity index (χ1) is 14.5. The largest absolute Gasteiger partial charge is 0.451 e. The Hall–Kier alpha value is -3.19. The van der Waals surface area contributed by atoms with Crippen LogP contribution in [0, 0.1) is 6.92 Å². The number of ketones is 1. The lowest BCUT2D eigenvalue weighted by Gasteiger charge is -2.27. The molecule has 3 aromatic rings. The molecule has 4 rings (SSSR count). The molecule has 1 aliphatic rings. The fourth-order valence-corrected chi connectivity index (χ4v) is 3.59. The average Bonchev–Trinajstić information content (AvgIpc) is 3.09. The van der Waals surface area contributed by atoms with Crippen LogP contribution in [0.2, 0.25) is 0 Å². The number of carbonyl (C=O) groups is 2. The number of rotatable bonds is 6. The molecule has 3 heterocycles. The molecule has 30 heavy (non-hydrogen) atoms. The van der Waals surface area contributed by atoms with Crippen LogP contribution in [-0.2, 0) is 16.0 Å². The number of fused-ring (bicyclic) bond motifs is 1. The summed E-state index contributed by atoms with van der Waals surface area (Å²) >= 11 is 0. The lowest BCUT2D eigenvalue weighted by atomic mass is 10.0. The Labute approximate surface area is 175 Å². The summed E-state index contributed by atoms with van der Waals surface area (Å²) in [6, 6.07) is 9.52. The smallest absolute Gasteiger partial charge is 0.291 e. The van der Waals surface area contributed by atoms with Gasteiger partial charge in [-0.2, -0.15) is 0 Å². The maximum Gasteiger partial charge on any atom is 0.291 e. The van der Waals surface area contributed by atoms with Crippen LogP contribution in [0.15, 0.2) is 40.9 Å². The second kappa shape index (κ2) is 8.67. The van der Waals surface area contributed by atoms with Gasteiger partial charge < -0.3 is 24.2 Å². The number of ether oxygens (including phenoxy) is 1. The number of hydrogen-bond donors (Lipinski definition) is 1. The molecule has 2 aromatic heterocycles. The standard InChI is InChI=1S/C23H25N3O4/c1-15(27)3-4-17-5-7-20-19(13-17)16(2)22(30-20)23(28)25-18-6-8-21(24-14-18)26-9-11-29-12-10-26/h5-8,13-14H,3-4,9-12H2,1-2H3,(H,25,28). The third kappa shape index (κ3) is 4.36. The predicted molar refractivity (Wildman–Crippen MR) is 115 cm³/mol. The topological polar surface area (TPSA) is 84.7 Å². The summed E-state index contributed by atoms with van der Waals surface area (Å²) in [6.07, 6.45) is 2.84. The molecule has 156 valence electrons. The van der Waals surface area contributed by atoms with Crippen molar-refractivity contribution in [2.75, 3.05) is 36.5 Å². The number of morpholine rings is 1. The molecule has 0 radical (unpaired) electrons. The number of Topliss-reactive ketones (excluding diaryl/α,β-unsaturated/α-hetero) is 1. The van der Waals surface area contributed by atoms with E-state index >= 15 is 0 Å². The maximum atomic E-state index is 12.8. The number of pyridine rings is 1. The molecule has 0 spiro atoms. The molecule has 7 heteroatoms. The quantitative estimate of drug-likeness (QED) is 0.670. The van der Waals surface area contributed by atoms with E-state index in [0.717, 1.165) is 35.4 Å². The van der Waals surface area contributed by atoms with Crippen LogP contribution in [0.4, 0.5) is 11.5 Å². The van der Waals surface area contributed by atoms with Crippen molar-refractivity contribution >= 4 is 34.2 Å². The third-order valence-electron chi connectivity index (χ3n) is 5.31. The molecule has 0 unspecified atom stereocenters. The average molecular weight is 407 g/mol. The van der Waals surface area contributed by atoms with E-state index in [-0.39, 0.29) is 17.5 Å². The van der Waals surface area contributed by atoms with Crippen LogP contribution in [0.5, 0.6) is 0 Å². The van der Waals surface area contributed by atoms with E-state index in [9.17, 15) is 9.59 Å². The summed E-state index contributed by atoms with van der Waals surface area (Å²) in [5.41, 5.74) is 3.10. The molecule has 0 atom stereocenters. The van der Waals surface area contributed by atoms with Gasteiger partial charge in [0.25, 0.3) is 5.91 Å². The minimum Gasteiger partial charge on any atom is -0.451 e. The third-order valence-corrected chi connectivity index (χ3v) is 5.31. The van der Waals surface area contributed by atoms with Crippen LogP contribution in [0.1, 0.15) is 35.0 Å². The van der Waals surface area contributed by atoms with E-state index in [4.69, 9.17) is 9.15 Å². The number of anilines is 2. The molecule has 1 saturated heterocycles. The Balaban J connectivity index is 1.48. The van der Waals surface area contributed by atoms with Crippen molar-refractivity contribution in [1.82, 2.24) is 4.98 Å². The van der Waals surface area contributed by atoms with E-state index in [1.165, 1.54) is 0 Å². The number of carbonyl (C=O) groups excluding carboxylic acids is 2.